The molecule has 0 radical (unpaired) electrons. The molecule has 0 atom stereocenters. The van der Waals surface area contributed by atoms with E-state index in [4.69, 9.17) is 9.47 Å². The highest BCUT2D eigenvalue weighted by molar-refractivity contribution is 6.00. The van der Waals surface area contributed by atoms with Gasteiger partial charge in [-0.25, -0.2) is 0 Å². The maximum atomic E-state index is 12.7. The number of hydrazine groups is 1. The van der Waals surface area contributed by atoms with E-state index in [9.17, 15) is 9.59 Å². The Kier molecular flexibility index (Phi) is 8.11. The standard InChI is InChI=1S/C29H26N2O4/c32-28(24-14-9-15-25(20-24)34-19-18-22-10-3-1-4-11-22)30-31-29(33)26-16-7-8-17-27(26)35-21-23-12-5-2-6-13-23/h1-17,20H,18-19,21H2,(H,30,32)(H,31,33). The van der Waals surface area contributed by atoms with Gasteiger partial charge in [-0.3, -0.25) is 20.4 Å². The van der Waals surface area contributed by atoms with E-state index in [1.807, 2.05) is 60.7 Å². The smallest absolute Gasteiger partial charge is 0.273 e. The Morgan fingerprint density at radius 1 is 0.629 bits per heavy atom. The second-order valence-corrected chi connectivity index (χ2v) is 7.79. The minimum Gasteiger partial charge on any atom is -0.493 e. The molecule has 0 saturated carbocycles. The topological polar surface area (TPSA) is 76.7 Å². The van der Waals surface area contributed by atoms with Crippen LogP contribution in [0, 0.1) is 0 Å². The first kappa shape index (κ1) is 23.6. The quantitative estimate of drug-likeness (QED) is 0.342. The molecule has 4 aromatic carbocycles. The van der Waals surface area contributed by atoms with Crippen LogP contribution < -0.4 is 20.3 Å². The molecular weight excluding hydrogens is 440 g/mol. The Balaban J connectivity index is 1.30. The molecule has 0 bridgehead atoms. The number of amides is 2. The van der Waals surface area contributed by atoms with Crippen LogP contribution in [0.1, 0.15) is 31.8 Å². The lowest BCUT2D eigenvalue weighted by Crippen LogP contribution is -2.41. The molecule has 2 N–H and O–H groups in total. The number of hydrogen-bond donors (Lipinski definition) is 2. The van der Waals surface area contributed by atoms with Gasteiger partial charge in [0.25, 0.3) is 11.8 Å². The molecule has 0 aliphatic carbocycles. The number of benzene rings is 4. The van der Waals surface area contributed by atoms with Gasteiger partial charge in [0, 0.05) is 12.0 Å². The molecule has 0 unspecified atom stereocenters. The maximum Gasteiger partial charge on any atom is 0.273 e. The van der Waals surface area contributed by atoms with Crippen molar-refractivity contribution in [2.75, 3.05) is 6.61 Å². The minimum atomic E-state index is -0.475. The zero-order valence-electron chi connectivity index (χ0n) is 19.1. The van der Waals surface area contributed by atoms with Gasteiger partial charge in [0.1, 0.15) is 18.1 Å². The van der Waals surface area contributed by atoms with E-state index in [-0.39, 0.29) is 0 Å². The highest BCUT2D eigenvalue weighted by atomic mass is 16.5. The fourth-order valence-electron chi connectivity index (χ4n) is 3.43. The fraction of sp³-hybridized carbons (Fsp3) is 0.103. The molecule has 6 nitrogen and oxygen atoms in total. The van der Waals surface area contributed by atoms with Crippen LogP contribution in [0.3, 0.4) is 0 Å². The number of nitrogens with one attached hydrogen (secondary N) is 2. The van der Waals surface area contributed by atoms with E-state index >= 15 is 0 Å². The van der Waals surface area contributed by atoms with Crippen molar-refractivity contribution in [3.05, 3.63) is 131 Å². The Hall–Kier alpha value is -4.58. The third-order valence-corrected chi connectivity index (χ3v) is 5.26. The summed E-state index contributed by atoms with van der Waals surface area (Å²) in [4.78, 5) is 25.3. The number of para-hydroxylation sites is 1. The normalized spacial score (nSPS) is 10.3. The highest BCUT2D eigenvalue weighted by Crippen LogP contribution is 2.19. The number of ether oxygens (including phenoxy) is 2. The van der Waals surface area contributed by atoms with Gasteiger partial charge in [-0.2, -0.15) is 0 Å². The van der Waals surface area contributed by atoms with Crippen LogP contribution in [0.15, 0.2) is 109 Å². The number of rotatable bonds is 9. The molecule has 176 valence electrons. The van der Waals surface area contributed by atoms with Crippen LogP contribution in [-0.4, -0.2) is 18.4 Å². The molecule has 0 aliphatic heterocycles. The predicted molar refractivity (Wildman–Crippen MR) is 134 cm³/mol. The summed E-state index contributed by atoms with van der Waals surface area (Å²) >= 11 is 0. The van der Waals surface area contributed by atoms with Crippen molar-refractivity contribution in [3.63, 3.8) is 0 Å². The molecular formula is C29H26N2O4. The summed E-state index contributed by atoms with van der Waals surface area (Å²) in [5, 5.41) is 0. The molecule has 0 aromatic heterocycles. The first-order valence-corrected chi connectivity index (χ1v) is 11.3. The second kappa shape index (κ2) is 12.0. The van der Waals surface area contributed by atoms with Gasteiger partial charge >= 0.3 is 0 Å². The van der Waals surface area contributed by atoms with Crippen molar-refractivity contribution in [1.29, 1.82) is 0 Å². The molecule has 0 spiro atoms. The number of hydrogen-bond acceptors (Lipinski definition) is 4. The summed E-state index contributed by atoms with van der Waals surface area (Å²) in [6.45, 7) is 0.820. The predicted octanol–water partition coefficient (Wildman–Crippen LogP) is 4.96. The van der Waals surface area contributed by atoms with Crippen molar-refractivity contribution in [2.45, 2.75) is 13.0 Å². The highest BCUT2D eigenvalue weighted by Gasteiger charge is 2.14. The first-order valence-electron chi connectivity index (χ1n) is 11.3. The summed E-state index contributed by atoms with van der Waals surface area (Å²) in [7, 11) is 0. The molecule has 0 heterocycles. The largest absolute Gasteiger partial charge is 0.493 e. The Morgan fingerprint density at radius 3 is 2.06 bits per heavy atom. The third kappa shape index (κ3) is 6.95. The van der Waals surface area contributed by atoms with Crippen LogP contribution in [-0.2, 0) is 13.0 Å². The Labute approximate surface area is 204 Å². The zero-order chi connectivity index (χ0) is 24.3. The summed E-state index contributed by atoms with van der Waals surface area (Å²) in [5.74, 6) is 0.0864. The van der Waals surface area contributed by atoms with Crippen LogP contribution in [0.25, 0.3) is 0 Å². The number of carbonyl (C=O) groups is 2. The van der Waals surface area contributed by atoms with Crippen LogP contribution in [0.4, 0.5) is 0 Å². The molecule has 0 aliphatic rings. The Bertz CT molecular complexity index is 1260. The van der Waals surface area contributed by atoms with Crippen LogP contribution in [0.2, 0.25) is 0 Å². The van der Waals surface area contributed by atoms with Crippen molar-refractivity contribution >= 4 is 11.8 Å². The molecule has 0 saturated heterocycles. The lowest BCUT2D eigenvalue weighted by molar-refractivity contribution is 0.0844. The monoisotopic (exact) mass is 466 g/mol. The lowest BCUT2D eigenvalue weighted by Gasteiger charge is -2.13. The third-order valence-electron chi connectivity index (χ3n) is 5.26. The van der Waals surface area contributed by atoms with E-state index in [1.54, 1.807) is 48.5 Å². The van der Waals surface area contributed by atoms with Crippen LogP contribution in [0.5, 0.6) is 11.5 Å². The van der Waals surface area contributed by atoms with Gasteiger partial charge in [0.2, 0.25) is 0 Å². The SMILES string of the molecule is O=C(NNC(=O)c1ccccc1OCc1ccccc1)c1cccc(OCCc2ccccc2)c1. The molecule has 0 fully saturated rings. The van der Waals surface area contributed by atoms with Gasteiger partial charge in [-0.05, 0) is 41.5 Å². The zero-order valence-corrected chi connectivity index (χ0v) is 19.1. The minimum absolute atomic E-state index is 0.321. The van der Waals surface area contributed by atoms with E-state index in [0.717, 1.165) is 12.0 Å². The van der Waals surface area contributed by atoms with Gasteiger partial charge in [-0.15, -0.1) is 0 Å². The molecule has 2 amide bonds. The maximum absolute atomic E-state index is 12.7. The van der Waals surface area contributed by atoms with Crippen molar-refractivity contribution < 1.29 is 19.1 Å². The van der Waals surface area contributed by atoms with Gasteiger partial charge < -0.3 is 9.47 Å². The van der Waals surface area contributed by atoms with Gasteiger partial charge in [0.15, 0.2) is 0 Å². The Morgan fingerprint density at radius 2 is 1.29 bits per heavy atom. The second-order valence-electron chi connectivity index (χ2n) is 7.79. The summed E-state index contributed by atoms with van der Waals surface area (Å²) in [6.07, 6.45) is 0.763. The van der Waals surface area contributed by atoms with E-state index in [0.29, 0.717) is 35.8 Å². The van der Waals surface area contributed by atoms with Crippen molar-refractivity contribution in [1.82, 2.24) is 10.9 Å². The summed E-state index contributed by atoms with van der Waals surface area (Å²) in [6, 6.07) is 33.4. The van der Waals surface area contributed by atoms with Gasteiger partial charge in [-0.1, -0.05) is 78.9 Å². The molecule has 6 heteroatoms. The van der Waals surface area contributed by atoms with Crippen molar-refractivity contribution in [3.8, 4) is 11.5 Å². The average molecular weight is 467 g/mol. The fourth-order valence-corrected chi connectivity index (χ4v) is 3.43. The summed E-state index contributed by atoms with van der Waals surface area (Å²) < 4.78 is 11.6. The molecule has 35 heavy (non-hydrogen) atoms. The van der Waals surface area contributed by atoms with Crippen LogP contribution >= 0.6 is 0 Å². The van der Waals surface area contributed by atoms with E-state index < -0.39 is 11.8 Å². The lowest BCUT2D eigenvalue weighted by atomic mass is 10.2. The van der Waals surface area contributed by atoms with Gasteiger partial charge in [0.05, 0.1) is 12.2 Å². The number of carbonyl (C=O) groups excluding carboxylic acids is 2. The summed E-state index contributed by atoms with van der Waals surface area (Å²) in [5.41, 5.74) is 7.78. The molecule has 4 rings (SSSR count). The first-order chi connectivity index (χ1) is 17.2. The van der Waals surface area contributed by atoms with E-state index in [2.05, 4.69) is 10.9 Å². The van der Waals surface area contributed by atoms with E-state index in [1.165, 1.54) is 5.56 Å². The molecule has 4 aromatic rings. The average Bonchev–Trinajstić information content (AvgIpc) is 2.92. The van der Waals surface area contributed by atoms with Crippen molar-refractivity contribution in [2.24, 2.45) is 0 Å².